The van der Waals surface area contributed by atoms with E-state index < -0.39 is 6.03 Å². The van der Waals surface area contributed by atoms with Crippen LogP contribution in [0.4, 0.5) is 20.6 Å². The smallest absolute Gasteiger partial charge is 0.319 e. The Morgan fingerprint density at radius 1 is 0.828 bits per heavy atom. The summed E-state index contributed by atoms with van der Waals surface area (Å²) in [6.45, 7) is 0.108. The molecule has 6 nitrogen and oxygen atoms in total. The van der Waals surface area contributed by atoms with Crippen LogP contribution < -0.4 is 20.7 Å². The van der Waals surface area contributed by atoms with Crippen LogP contribution in [0.2, 0.25) is 0 Å². The Kier molecular flexibility index (Phi) is 6.78. The molecule has 3 rings (SSSR count). The number of para-hydroxylation sites is 1. The maximum Gasteiger partial charge on any atom is 0.319 e. The van der Waals surface area contributed by atoms with Crippen molar-refractivity contribution in [1.29, 1.82) is 0 Å². The standard InChI is InChI=1S/C22H20FN3O3/c23-17-11-9-16(10-12-17)14-24-22(28)26-19-7-4-8-20(13-19)29-15-21(27)25-18-5-2-1-3-6-18/h1-13H,14-15H2,(H,25,27)(H2,24,26,28). The predicted molar refractivity (Wildman–Crippen MR) is 109 cm³/mol. The van der Waals surface area contributed by atoms with Crippen LogP contribution in [0.5, 0.6) is 5.75 Å². The number of anilines is 2. The SMILES string of the molecule is O=C(COc1cccc(NC(=O)NCc2ccc(F)cc2)c1)Nc1ccccc1. The van der Waals surface area contributed by atoms with Crippen molar-refractivity contribution in [2.45, 2.75) is 6.54 Å². The van der Waals surface area contributed by atoms with Crippen molar-refractivity contribution in [3.63, 3.8) is 0 Å². The molecule has 0 heterocycles. The van der Waals surface area contributed by atoms with Gasteiger partial charge in [-0.3, -0.25) is 4.79 Å². The van der Waals surface area contributed by atoms with Crippen molar-refractivity contribution in [2.75, 3.05) is 17.2 Å². The lowest BCUT2D eigenvalue weighted by atomic mass is 10.2. The predicted octanol–water partition coefficient (Wildman–Crippen LogP) is 4.16. The van der Waals surface area contributed by atoms with E-state index in [2.05, 4.69) is 16.0 Å². The summed E-state index contributed by atoms with van der Waals surface area (Å²) in [5, 5.41) is 8.10. The Hall–Kier alpha value is -3.87. The quantitative estimate of drug-likeness (QED) is 0.564. The number of urea groups is 1. The van der Waals surface area contributed by atoms with Crippen LogP contribution in [0.25, 0.3) is 0 Å². The van der Waals surface area contributed by atoms with Gasteiger partial charge in [-0.15, -0.1) is 0 Å². The van der Waals surface area contributed by atoms with Gasteiger partial charge in [-0.2, -0.15) is 0 Å². The molecule has 29 heavy (non-hydrogen) atoms. The largest absolute Gasteiger partial charge is 0.484 e. The van der Waals surface area contributed by atoms with E-state index in [1.54, 1.807) is 48.5 Å². The van der Waals surface area contributed by atoms with Crippen molar-refractivity contribution in [1.82, 2.24) is 5.32 Å². The summed E-state index contributed by atoms with van der Waals surface area (Å²) in [7, 11) is 0. The molecule has 0 saturated heterocycles. The van der Waals surface area contributed by atoms with Crippen LogP contribution in [0.15, 0.2) is 78.9 Å². The molecular formula is C22H20FN3O3. The van der Waals surface area contributed by atoms with Gasteiger partial charge in [-0.1, -0.05) is 36.4 Å². The number of nitrogens with one attached hydrogen (secondary N) is 3. The van der Waals surface area contributed by atoms with Gasteiger partial charge in [0.1, 0.15) is 11.6 Å². The Bertz CT molecular complexity index is 963. The number of hydrogen-bond acceptors (Lipinski definition) is 3. The average molecular weight is 393 g/mol. The summed E-state index contributed by atoms with van der Waals surface area (Å²) < 4.78 is 18.4. The molecule has 3 aromatic carbocycles. The molecule has 0 radical (unpaired) electrons. The Labute approximate surface area is 167 Å². The number of benzene rings is 3. The molecule has 0 bridgehead atoms. The number of carbonyl (C=O) groups excluding carboxylic acids is 2. The van der Waals surface area contributed by atoms with Gasteiger partial charge < -0.3 is 20.7 Å². The minimum absolute atomic E-state index is 0.158. The van der Waals surface area contributed by atoms with Crippen LogP contribution >= 0.6 is 0 Å². The maximum absolute atomic E-state index is 12.9. The fraction of sp³-hybridized carbons (Fsp3) is 0.0909. The minimum Gasteiger partial charge on any atom is -0.484 e. The number of hydrogen-bond donors (Lipinski definition) is 3. The second-order valence-corrected chi connectivity index (χ2v) is 6.16. The molecular weight excluding hydrogens is 373 g/mol. The molecule has 3 aromatic rings. The molecule has 0 aliphatic rings. The zero-order valence-corrected chi connectivity index (χ0v) is 15.5. The maximum atomic E-state index is 12.9. The van der Waals surface area contributed by atoms with Crippen molar-refractivity contribution >= 4 is 23.3 Å². The third kappa shape index (κ3) is 6.66. The van der Waals surface area contributed by atoms with Gasteiger partial charge in [0.2, 0.25) is 0 Å². The molecule has 0 spiro atoms. The number of ether oxygens (including phenoxy) is 1. The van der Waals surface area contributed by atoms with Crippen molar-refractivity contribution in [3.8, 4) is 5.75 Å². The van der Waals surface area contributed by atoms with Crippen molar-refractivity contribution in [3.05, 3.63) is 90.2 Å². The summed E-state index contributed by atoms with van der Waals surface area (Å²) in [5.41, 5.74) is 1.99. The lowest BCUT2D eigenvalue weighted by Gasteiger charge is -2.10. The third-order valence-corrected chi connectivity index (χ3v) is 3.89. The lowest BCUT2D eigenvalue weighted by Crippen LogP contribution is -2.28. The zero-order chi connectivity index (χ0) is 20.5. The highest BCUT2D eigenvalue weighted by Crippen LogP contribution is 2.17. The molecule has 3 N–H and O–H groups in total. The van der Waals surface area contributed by atoms with Crippen LogP contribution in [-0.2, 0) is 11.3 Å². The van der Waals surface area contributed by atoms with Crippen LogP contribution in [0.3, 0.4) is 0 Å². The van der Waals surface area contributed by atoms with Gasteiger partial charge in [-0.25, -0.2) is 9.18 Å². The Morgan fingerprint density at radius 2 is 1.55 bits per heavy atom. The molecule has 0 atom stereocenters. The van der Waals surface area contributed by atoms with Gasteiger partial charge in [0.05, 0.1) is 0 Å². The number of halogens is 1. The van der Waals surface area contributed by atoms with E-state index in [1.807, 2.05) is 18.2 Å². The molecule has 0 aromatic heterocycles. The number of carbonyl (C=O) groups is 2. The number of rotatable bonds is 7. The summed E-state index contributed by atoms with van der Waals surface area (Å²) in [6.07, 6.45) is 0. The van der Waals surface area contributed by atoms with Crippen LogP contribution in [0.1, 0.15) is 5.56 Å². The topological polar surface area (TPSA) is 79.5 Å². The van der Waals surface area contributed by atoms with Crippen LogP contribution in [-0.4, -0.2) is 18.5 Å². The molecule has 3 amide bonds. The first-order chi connectivity index (χ1) is 14.1. The van der Waals surface area contributed by atoms with E-state index >= 15 is 0 Å². The fourth-order valence-corrected chi connectivity index (χ4v) is 2.49. The van der Waals surface area contributed by atoms with E-state index in [0.717, 1.165) is 5.56 Å². The van der Waals surface area contributed by atoms with E-state index in [-0.39, 0.29) is 24.9 Å². The summed E-state index contributed by atoms with van der Waals surface area (Å²) in [5.74, 6) is -0.163. The van der Waals surface area contributed by atoms with E-state index in [0.29, 0.717) is 17.1 Å². The van der Waals surface area contributed by atoms with Gasteiger partial charge in [-0.05, 0) is 42.0 Å². The highest BCUT2D eigenvalue weighted by molar-refractivity contribution is 5.92. The first kappa shape index (κ1) is 19.9. The molecule has 0 saturated carbocycles. The molecule has 0 aliphatic heterocycles. The monoisotopic (exact) mass is 393 g/mol. The van der Waals surface area contributed by atoms with E-state index in [1.165, 1.54) is 12.1 Å². The van der Waals surface area contributed by atoms with Gasteiger partial charge >= 0.3 is 6.03 Å². The number of amides is 3. The Balaban J connectivity index is 1.46. The molecule has 148 valence electrons. The van der Waals surface area contributed by atoms with Crippen molar-refractivity contribution in [2.24, 2.45) is 0 Å². The molecule has 0 aliphatic carbocycles. The third-order valence-electron chi connectivity index (χ3n) is 3.89. The first-order valence-corrected chi connectivity index (χ1v) is 8.95. The van der Waals surface area contributed by atoms with Gasteiger partial charge in [0.25, 0.3) is 5.91 Å². The fourth-order valence-electron chi connectivity index (χ4n) is 2.49. The first-order valence-electron chi connectivity index (χ1n) is 8.95. The van der Waals surface area contributed by atoms with E-state index in [4.69, 9.17) is 4.74 Å². The van der Waals surface area contributed by atoms with E-state index in [9.17, 15) is 14.0 Å². The summed E-state index contributed by atoms with van der Waals surface area (Å²) in [4.78, 5) is 24.0. The summed E-state index contributed by atoms with van der Waals surface area (Å²) in [6, 6.07) is 21.3. The normalized spacial score (nSPS) is 10.1. The van der Waals surface area contributed by atoms with Gasteiger partial charge in [0.15, 0.2) is 6.61 Å². The molecule has 7 heteroatoms. The second kappa shape index (κ2) is 9.89. The summed E-state index contributed by atoms with van der Waals surface area (Å²) >= 11 is 0. The second-order valence-electron chi connectivity index (χ2n) is 6.16. The molecule has 0 unspecified atom stereocenters. The molecule has 0 fully saturated rings. The zero-order valence-electron chi connectivity index (χ0n) is 15.5. The van der Waals surface area contributed by atoms with Gasteiger partial charge in [0, 0.05) is 24.0 Å². The highest BCUT2D eigenvalue weighted by Gasteiger charge is 2.06. The highest BCUT2D eigenvalue weighted by atomic mass is 19.1. The van der Waals surface area contributed by atoms with Crippen molar-refractivity contribution < 1.29 is 18.7 Å². The Morgan fingerprint density at radius 3 is 2.31 bits per heavy atom. The minimum atomic E-state index is -0.409. The lowest BCUT2D eigenvalue weighted by molar-refractivity contribution is -0.118. The average Bonchev–Trinajstić information content (AvgIpc) is 2.73. The van der Waals surface area contributed by atoms with Crippen LogP contribution in [0, 0.1) is 5.82 Å².